The molecule has 2 bridgehead atoms. The molecule has 1 aliphatic carbocycles. The SMILES string of the molecule is O=C(OCC1c2ccccc2-c2ccccc21)N1C2C=C(c3ccc(N4CCOCC4)cc3)CC1CCC2. The molecule has 0 aromatic heterocycles. The lowest BCUT2D eigenvalue weighted by atomic mass is 9.83. The van der Waals surface area contributed by atoms with Crippen LogP contribution < -0.4 is 4.90 Å². The van der Waals surface area contributed by atoms with Gasteiger partial charge < -0.3 is 14.4 Å². The lowest BCUT2D eigenvalue weighted by Gasteiger charge is -2.44. The van der Waals surface area contributed by atoms with Gasteiger partial charge in [0, 0.05) is 30.7 Å². The van der Waals surface area contributed by atoms with E-state index in [0.717, 1.165) is 52.0 Å². The summed E-state index contributed by atoms with van der Waals surface area (Å²) in [5, 5.41) is 0. The van der Waals surface area contributed by atoms with Crippen molar-refractivity contribution in [2.75, 3.05) is 37.8 Å². The van der Waals surface area contributed by atoms with Crippen LogP contribution in [0.25, 0.3) is 16.7 Å². The van der Waals surface area contributed by atoms with Crippen LogP contribution in [0.5, 0.6) is 0 Å². The smallest absolute Gasteiger partial charge is 0.410 e. The van der Waals surface area contributed by atoms with Crippen molar-refractivity contribution < 1.29 is 14.3 Å². The maximum absolute atomic E-state index is 13.5. The predicted molar refractivity (Wildman–Crippen MR) is 150 cm³/mol. The maximum Gasteiger partial charge on any atom is 0.410 e. The molecule has 2 saturated heterocycles. The zero-order valence-corrected chi connectivity index (χ0v) is 21.7. The van der Waals surface area contributed by atoms with Crippen LogP contribution in [0.3, 0.4) is 0 Å². The van der Waals surface area contributed by atoms with E-state index in [2.05, 4.69) is 83.8 Å². The first-order valence-corrected chi connectivity index (χ1v) is 14.0. The molecule has 194 valence electrons. The Labute approximate surface area is 224 Å². The Morgan fingerprint density at radius 1 is 0.868 bits per heavy atom. The molecule has 3 heterocycles. The van der Waals surface area contributed by atoms with Gasteiger partial charge >= 0.3 is 6.09 Å². The number of carbonyl (C=O) groups excluding carboxylic acids is 1. The van der Waals surface area contributed by atoms with E-state index in [1.54, 1.807) is 0 Å². The van der Waals surface area contributed by atoms with Gasteiger partial charge in [-0.25, -0.2) is 4.79 Å². The molecule has 5 nitrogen and oxygen atoms in total. The third-order valence-corrected chi connectivity index (χ3v) is 8.80. The summed E-state index contributed by atoms with van der Waals surface area (Å²) in [6.07, 6.45) is 6.22. The number of hydrogen-bond acceptors (Lipinski definition) is 4. The highest BCUT2D eigenvalue weighted by Crippen LogP contribution is 2.45. The Bertz CT molecular complexity index is 1310. The number of fused-ring (bicyclic) bond motifs is 5. The second-order valence-corrected chi connectivity index (χ2v) is 10.9. The summed E-state index contributed by atoms with van der Waals surface area (Å²) in [6.45, 7) is 3.86. The second kappa shape index (κ2) is 9.95. The number of amides is 1. The molecule has 0 radical (unpaired) electrons. The first-order chi connectivity index (χ1) is 18.8. The second-order valence-electron chi connectivity index (χ2n) is 10.9. The van der Waals surface area contributed by atoms with Crippen LogP contribution in [-0.2, 0) is 9.47 Å². The zero-order valence-electron chi connectivity index (χ0n) is 21.7. The van der Waals surface area contributed by atoms with Gasteiger partial charge in [0.05, 0.1) is 19.3 Å². The van der Waals surface area contributed by atoms with Crippen molar-refractivity contribution in [2.45, 2.75) is 43.7 Å². The predicted octanol–water partition coefficient (Wildman–Crippen LogP) is 6.48. The first-order valence-electron chi connectivity index (χ1n) is 14.0. The van der Waals surface area contributed by atoms with E-state index in [-0.39, 0.29) is 24.1 Å². The number of morpholine rings is 1. The molecule has 0 spiro atoms. The fraction of sp³-hybridized carbons (Fsp3) is 0.364. The van der Waals surface area contributed by atoms with Crippen molar-refractivity contribution in [3.05, 3.63) is 95.6 Å². The van der Waals surface area contributed by atoms with Gasteiger partial charge in [0.15, 0.2) is 0 Å². The summed E-state index contributed by atoms with van der Waals surface area (Å²) in [5.41, 5.74) is 8.90. The minimum Gasteiger partial charge on any atom is -0.448 e. The van der Waals surface area contributed by atoms with Gasteiger partial charge in [0.1, 0.15) is 6.61 Å². The quantitative estimate of drug-likeness (QED) is 0.406. The summed E-state index contributed by atoms with van der Waals surface area (Å²) in [6, 6.07) is 26.3. The Hall–Kier alpha value is -3.57. The van der Waals surface area contributed by atoms with E-state index in [0.29, 0.717) is 6.61 Å². The standard InChI is InChI=1S/C33H34N2O3/c36-33(38-22-32-30-10-3-1-8-28(30)29-9-2-4-11-31(29)32)35-26-6-5-7-27(35)21-24(20-26)23-12-14-25(15-13-23)34-16-18-37-19-17-34/h1-4,8-15,20,26-27,32H,5-7,16-19,21-22H2. The summed E-state index contributed by atoms with van der Waals surface area (Å²) >= 11 is 0. The molecule has 0 N–H and O–H groups in total. The number of piperidine rings is 1. The molecule has 3 aliphatic heterocycles. The van der Waals surface area contributed by atoms with E-state index in [4.69, 9.17) is 9.47 Å². The third-order valence-electron chi connectivity index (χ3n) is 8.80. The van der Waals surface area contributed by atoms with Crippen molar-refractivity contribution in [1.29, 1.82) is 0 Å². The highest BCUT2D eigenvalue weighted by molar-refractivity contribution is 5.79. The van der Waals surface area contributed by atoms with Crippen molar-refractivity contribution in [3.8, 4) is 11.1 Å². The van der Waals surface area contributed by atoms with Crippen LogP contribution in [-0.4, -0.2) is 56.0 Å². The average Bonchev–Trinajstić information content (AvgIpc) is 3.29. The molecular weight excluding hydrogens is 472 g/mol. The molecule has 3 aromatic carbocycles. The number of carbonyl (C=O) groups is 1. The van der Waals surface area contributed by atoms with Crippen LogP contribution in [0.15, 0.2) is 78.9 Å². The number of benzene rings is 3. The van der Waals surface area contributed by atoms with Crippen molar-refractivity contribution in [2.24, 2.45) is 0 Å². The Morgan fingerprint density at radius 2 is 1.55 bits per heavy atom. The average molecular weight is 507 g/mol. The summed E-state index contributed by atoms with van der Waals surface area (Å²) in [4.78, 5) is 17.9. The molecular formula is C33H34N2O3. The van der Waals surface area contributed by atoms with Gasteiger partial charge in [-0.05, 0) is 71.2 Å². The van der Waals surface area contributed by atoms with Crippen LogP contribution in [0.1, 0.15) is 48.3 Å². The summed E-state index contributed by atoms with van der Waals surface area (Å²) < 4.78 is 11.6. The van der Waals surface area contributed by atoms with Crippen LogP contribution in [0.2, 0.25) is 0 Å². The van der Waals surface area contributed by atoms with E-state index in [1.165, 1.54) is 39.1 Å². The molecule has 38 heavy (non-hydrogen) atoms. The number of anilines is 1. The topological polar surface area (TPSA) is 42.0 Å². The molecule has 2 atom stereocenters. The monoisotopic (exact) mass is 506 g/mol. The van der Waals surface area contributed by atoms with Gasteiger partial charge in [0.25, 0.3) is 0 Å². The Morgan fingerprint density at radius 3 is 2.24 bits per heavy atom. The normalized spacial score (nSPS) is 22.5. The van der Waals surface area contributed by atoms with Crippen molar-refractivity contribution in [1.82, 2.24) is 4.90 Å². The molecule has 1 amide bonds. The zero-order chi connectivity index (χ0) is 25.5. The number of nitrogens with zero attached hydrogens (tertiary/aromatic N) is 2. The molecule has 7 rings (SSSR count). The Kier molecular flexibility index (Phi) is 6.17. The van der Waals surface area contributed by atoms with Crippen LogP contribution in [0, 0.1) is 0 Å². The highest BCUT2D eigenvalue weighted by atomic mass is 16.6. The minimum absolute atomic E-state index is 0.0899. The fourth-order valence-corrected chi connectivity index (χ4v) is 6.90. The van der Waals surface area contributed by atoms with E-state index in [1.807, 2.05) is 4.90 Å². The summed E-state index contributed by atoms with van der Waals surface area (Å²) in [5.74, 6) is 0.0899. The van der Waals surface area contributed by atoms with Gasteiger partial charge in [0.2, 0.25) is 0 Å². The van der Waals surface area contributed by atoms with E-state index < -0.39 is 0 Å². The number of rotatable bonds is 4. The van der Waals surface area contributed by atoms with Crippen LogP contribution >= 0.6 is 0 Å². The molecule has 2 fully saturated rings. The third kappa shape index (κ3) is 4.19. The molecule has 2 unspecified atom stereocenters. The van der Waals surface area contributed by atoms with Gasteiger partial charge in [-0.3, -0.25) is 4.90 Å². The lowest BCUT2D eigenvalue weighted by molar-refractivity contribution is 0.0539. The fourth-order valence-electron chi connectivity index (χ4n) is 6.90. The van der Waals surface area contributed by atoms with Gasteiger partial charge in [-0.2, -0.15) is 0 Å². The van der Waals surface area contributed by atoms with Crippen molar-refractivity contribution in [3.63, 3.8) is 0 Å². The molecule has 3 aromatic rings. The van der Waals surface area contributed by atoms with E-state index >= 15 is 0 Å². The van der Waals surface area contributed by atoms with Gasteiger partial charge in [-0.1, -0.05) is 66.7 Å². The lowest BCUT2D eigenvalue weighted by Crippen LogP contribution is -2.51. The molecule has 0 saturated carbocycles. The van der Waals surface area contributed by atoms with E-state index in [9.17, 15) is 4.79 Å². The highest BCUT2D eigenvalue weighted by Gasteiger charge is 2.39. The van der Waals surface area contributed by atoms with Gasteiger partial charge in [-0.15, -0.1) is 0 Å². The molecule has 5 heteroatoms. The Balaban J connectivity index is 1.07. The van der Waals surface area contributed by atoms with Crippen molar-refractivity contribution >= 4 is 17.4 Å². The maximum atomic E-state index is 13.5. The minimum atomic E-state index is -0.167. The first kappa shape index (κ1) is 23.5. The number of ether oxygens (including phenoxy) is 2. The van der Waals surface area contributed by atoms with Crippen LogP contribution in [0.4, 0.5) is 10.5 Å². The molecule has 4 aliphatic rings. The largest absolute Gasteiger partial charge is 0.448 e. The number of hydrogen-bond donors (Lipinski definition) is 0. The summed E-state index contributed by atoms with van der Waals surface area (Å²) in [7, 11) is 0.